The Morgan fingerprint density at radius 3 is 2.67 bits per heavy atom. The van der Waals surface area contributed by atoms with Crippen molar-refractivity contribution in [2.75, 3.05) is 0 Å². The van der Waals surface area contributed by atoms with Gasteiger partial charge < -0.3 is 5.11 Å². The second-order valence-corrected chi connectivity index (χ2v) is 3.90. The molecule has 0 bridgehead atoms. The van der Waals surface area contributed by atoms with Crippen LogP contribution in [0, 0.1) is 11.8 Å². The zero-order valence-electron chi connectivity index (χ0n) is 7.09. The van der Waals surface area contributed by atoms with Gasteiger partial charge in [0.2, 0.25) is 0 Å². The van der Waals surface area contributed by atoms with Crippen LogP contribution in [0.1, 0.15) is 26.2 Å². The summed E-state index contributed by atoms with van der Waals surface area (Å²) in [5.41, 5.74) is 0. The van der Waals surface area contributed by atoms with E-state index in [0.29, 0.717) is 17.4 Å². The highest BCUT2D eigenvalue weighted by atomic mass is 35.5. The van der Waals surface area contributed by atoms with Gasteiger partial charge in [-0.15, -0.1) is 0 Å². The predicted octanol–water partition coefficient (Wildman–Crippen LogP) is 2.63. The summed E-state index contributed by atoms with van der Waals surface area (Å²) >= 11 is 5.62. The monoisotopic (exact) mass is 188 g/mol. The Morgan fingerprint density at radius 2 is 2.33 bits per heavy atom. The van der Waals surface area contributed by atoms with Gasteiger partial charge in [0.1, 0.15) is 0 Å². The lowest BCUT2D eigenvalue weighted by atomic mass is 10.00. The van der Waals surface area contributed by atoms with Gasteiger partial charge in [-0.1, -0.05) is 17.7 Å². The minimum atomic E-state index is -0.688. The average Bonchev–Trinajstić information content (AvgIpc) is 2.69. The van der Waals surface area contributed by atoms with E-state index in [4.69, 9.17) is 16.7 Å². The fourth-order valence-corrected chi connectivity index (χ4v) is 1.37. The molecule has 0 spiro atoms. The maximum Gasteiger partial charge on any atom is 0.307 e. The number of aliphatic carboxylic acids is 1. The van der Waals surface area contributed by atoms with Gasteiger partial charge in [0.25, 0.3) is 0 Å². The first kappa shape index (κ1) is 9.59. The van der Waals surface area contributed by atoms with Crippen molar-refractivity contribution >= 4 is 17.6 Å². The van der Waals surface area contributed by atoms with Crippen LogP contribution in [-0.4, -0.2) is 11.1 Å². The molecule has 1 unspecified atom stereocenters. The summed E-state index contributed by atoms with van der Waals surface area (Å²) in [6.45, 7) is 1.77. The van der Waals surface area contributed by atoms with Crippen LogP contribution < -0.4 is 0 Å². The molecule has 1 rings (SSSR count). The summed E-state index contributed by atoms with van der Waals surface area (Å²) in [7, 11) is 0. The third kappa shape index (κ3) is 2.86. The van der Waals surface area contributed by atoms with E-state index in [1.165, 1.54) is 0 Å². The van der Waals surface area contributed by atoms with Gasteiger partial charge in [0.15, 0.2) is 0 Å². The number of hydrogen-bond donors (Lipinski definition) is 1. The van der Waals surface area contributed by atoms with Crippen molar-refractivity contribution in [1.29, 1.82) is 0 Å². The highest BCUT2D eigenvalue weighted by molar-refractivity contribution is 6.29. The Balaban J connectivity index is 2.43. The Labute approximate surface area is 77.2 Å². The van der Waals surface area contributed by atoms with Crippen molar-refractivity contribution in [2.45, 2.75) is 26.2 Å². The summed E-state index contributed by atoms with van der Waals surface area (Å²) < 4.78 is 0. The first-order valence-electron chi connectivity index (χ1n) is 4.16. The molecular weight excluding hydrogens is 176 g/mol. The molecule has 0 heterocycles. The first-order chi connectivity index (χ1) is 5.61. The van der Waals surface area contributed by atoms with Crippen LogP contribution in [0.25, 0.3) is 0 Å². The van der Waals surface area contributed by atoms with Crippen LogP contribution in [0.4, 0.5) is 0 Å². The molecule has 0 saturated heterocycles. The zero-order valence-corrected chi connectivity index (χ0v) is 7.84. The topological polar surface area (TPSA) is 37.3 Å². The molecule has 1 N–H and O–H groups in total. The van der Waals surface area contributed by atoms with Crippen molar-refractivity contribution in [3.05, 3.63) is 11.1 Å². The van der Waals surface area contributed by atoms with E-state index in [9.17, 15) is 4.79 Å². The molecule has 0 amide bonds. The number of carbonyl (C=O) groups is 1. The highest BCUT2D eigenvalue weighted by Crippen LogP contribution is 2.39. The van der Waals surface area contributed by atoms with E-state index in [1.54, 1.807) is 13.0 Å². The molecule has 1 saturated carbocycles. The van der Waals surface area contributed by atoms with E-state index in [0.717, 1.165) is 12.8 Å². The molecule has 68 valence electrons. The van der Waals surface area contributed by atoms with E-state index >= 15 is 0 Å². The first-order valence-corrected chi connectivity index (χ1v) is 4.54. The Hall–Kier alpha value is -0.500. The second kappa shape index (κ2) is 3.94. The number of rotatable bonds is 4. The molecule has 1 aliphatic rings. The van der Waals surface area contributed by atoms with E-state index in [1.807, 2.05) is 0 Å². The third-order valence-electron chi connectivity index (χ3n) is 2.16. The van der Waals surface area contributed by atoms with E-state index in [-0.39, 0.29) is 5.92 Å². The largest absolute Gasteiger partial charge is 0.481 e. The van der Waals surface area contributed by atoms with Gasteiger partial charge in [0, 0.05) is 5.03 Å². The fourth-order valence-electron chi connectivity index (χ4n) is 1.28. The standard InChI is InChI=1S/C9H13ClO2/c1-6(10)2-5-8(9(11)12)7-3-4-7/h2,7-8H,3-5H2,1H3,(H,11,12)/b6-2-. The number of hydrogen-bond acceptors (Lipinski definition) is 1. The fraction of sp³-hybridized carbons (Fsp3) is 0.667. The third-order valence-corrected chi connectivity index (χ3v) is 2.32. The molecule has 0 aromatic heterocycles. The van der Waals surface area contributed by atoms with E-state index < -0.39 is 5.97 Å². The Bertz CT molecular complexity index is 203. The van der Waals surface area contributed by atoms with Crippen LogP contribution in [0.2, 0.25) is 0 Å². The van der Waals surface area contributed by atoms with Gasteiger partial charge in [-0.3, -0.25) is 4.79 Å². The van der Waals surface area contributed by atoms with Crippen molar-refractivity contribution in [1.82, 2.24) is 0 Å². The molecule has 0 aliphatic heterocycles. The lowest BCUT2D eigenvalue weighted by molar-refractivity contribution is -0.142. The molecule has 2 nitrogen and oxygen atoms in total. The minimum Gasteiger partial charge on any atom is -0.481 e. The van der Waals surface area contributed by atoms with Crippen LogP contribution in [-0.2, 0) is 4.79 Å². The van der Waals surface area contributed by atoms with Gasteiger partial charge in [0.05, 0.1) is 5.92 Å². The van der Waals surface area contributed by atoms with E-state index in [2.05, 4.69) is 0 Å². The van der Waals surface area contributed by atoms with Gasteiger partial charge in [-0.25, -0.2) is 0 Å². The molecule has 0 aromatic rings. The lowest BCUT2D eigenvalue weighted by Crippen LogP contribution is -2.14. The number of carboxylic acids is 1. The summed E-state index contributed by atoms with van der Waals surface area (Å²) in [6, 6.07) is 0. The zero-order chi connectivity index (χ0) is 9.14. The maximum absolute atomic E-state index is 10.7. The normalized spacial score (nSPS) is 20.7. The minimum absolute atomic E-state index is 0.210. The molecule has 1 fully saturated rings. The van der Waals surface area contributed by atoms with Crippen molar-refractivity contribution in [3.63, 3.8) is 0 Å². The van der Waals surface area contributed by atoms with Crippen molar-refractivity contribution in [3.8, 4) is 0 Å². The van der Waals surface area contributed by atoms with Gasteiger partial charge in [-0.2, -0.15) is 0 Å². The Morgan fingerprint density at radius 1 is 1.75 bits per heavy atom. The van der Waals surface area contributed by atoms with Crippen LogP contribution >= 0.6 is 11.6 Å². The molecule has 1 aliphatic carbocycles. The van der Waals surface area contributed by atoms with Crippen LogP contribution in [0.15, 0.2) is 11.1 Å². The molecule has 0 radical (unpaired) electrons. The SMILES string of the molecule is C/C(Cl)=C/CC(C(=O)O)C1CC1. The summed E-state index contributed by atoms with van der Waals surface area (Å²) in [4.78, 5) is 10.7. The van der Waals surface area contributed by atoms with Crippen molar-refractivity contribution < 1.29 is 9.90 Å². The van der Waals surface area contributed by atoms with Gasteiger partial charge >= 0.3 is 5.97 Å². The predicted molar refractivity (Wildman–Crippen MR) is 48.1 cm³/mol. The summed E-state index contributed by atoms with van der Waals surface area (Å²) in [5.74, 6) is -0.500. The molecular formula is C9H13ClO2. The van der Waals surface area contributed by atoms with Crippen molar-refractivity contribution in [2.24, 2.45) is 11.8 Å². The Kier molecular flexibility index (Phi) is 3.15. The molecule has 1 atom stereocenters. The molecule has 3 heteroatoms. The summed E-state index contributed by atoms with van der Waals surface area (Å²) in [6.07, 6.45) is 4.49. The number of carboxylic acid groups (broad SMARTS) is 1. The smallest absolute Gasteiger partial charge is 0.307 e. The van der Waals surface area contributed by atoms with Gasteiger partial charge in [-0.05, 0) is 32.1 Å². The highest BCUT2D eigenvalue weighted by Gasteiger charge is 2.35. The number of allylic oxidation sites excluding steroid dienone is 2. The lowest BCUT2D eigenvalue weighted by Gasteiger charge is -2.06. The molecule has 12 heavy (non-hydrogen) atoms. The average molecular weight is 189 g/mol. The number of halogens is 1. The quantitative estimate of drug-likeness (QED) is 0.737. The summed E-state index contributed by atoms with van der Waals surface area (Å²) in [5, 5.41) is 9.51. The van der Waals surface area contributed by atoms with Crippen LogP contribution in [0.5, 0.6) is 0 Å². The second-order valence-electron chi connectivity index (χ2n) is 3.31. The maximum atomic E-state index is 10.7. The van der Waals surface area contributed by atoms with Crippen LogP contribution in [0.3, 0.4) is 0 Å². The molecule has 0 aromatic carbocycles.